The molecule has 0 bridgehead atoms. The number of hydrazone groups is 1. The summed E-state index contributed by atoms with van der Waals surface area (Å²) in [6, 6.07) is 6.23. The molecule has 1 aromatic carbocycles. The molecule has 108 valence electrons. The van der Waals surface area contributed by atoms with E-state index >= 15 is 0 Å². The van der Waals surface area contributed by atoms with E-state index in [4.69, 9.17) is 21.3 Å². The third-order valence-electron chi connectivity index (χ3n) is 2.60. The number of rotatable bonds is 4. The first-order chi connectivity index (χ1) is 10.0. The number of aromatic nitrogens is 1. The third-order valence-corrected chi connectivity index (χ3v) is 2.93. The van der Waals surface area contributed by atoms with Crippen molar-refractivity contribution in [1.82, 2.24) is 4.98 Å². The van der Waals surface area contributed by atoms with Gasteiger partial charge in [0.2, 0.25) is 11.6 Å². The monoisotopic (exact) mass is 306 g/mol. The van der Waals surface area contributed by atoms with Crippen molar-refractivity contribution in [2.24, 2.45) is 5.10 Å². The zero-order valence-corrected chi connectivity index (χ0v) is 12.1. The van der Waals surface area contributed by atoms with Crippen LogP contribution in [0.2, 0.25) is 5.02 Å². The summed E-state index contributed by atoms with van der Waals surface area (Å²) in [7, 11) is 0. The van der Waals surface area contributed by atoms with E-state index in [2.05, 4.69) is 15.5 Å². The lowest BCUT2D eigenvalue weighted by Crippen LogP contribution is -1.94. The maximum Gasteiger partial charge on any atom is 0.252 e. The topological polar surface area (TPSA) is 74.2 Å². The highest BCUT2D eigenvalue weighted by atomic mass is 35.5. The highest BCUT2D eigenvalue weighted by molar-refractivity contribution is 6.33. The molecule has 0 aliphatic rings. The van der Waals surface area contributed by atoms with Crippen molar-refractivity contribution in [2.45, 2.75) is 19.8 Å². The lowest BCUT2D eigenvalue weighted by molar-refractivity contribution is 0.481. The van der Waals surface area contributed by atoms with Crippen LogP contribution in [-0.4, -0.2) is 11.2 Å². The van der Waals surface area contributed by atoms with Gasteiger partial charge in [0.1, 0.15) is 11.9 Å². The average Bonchev–Trinajstić information content (AvgIpc) is 2.85. The molecule has 0 saturated carbocycles. The molecular formula is C14H12ClFN4O. The highest BCUT2D eigenvalue weighted by Crippen LogP contribution is 2.22. The van der Waals surface area contributed by atoms with E-state index in [-0.39, 0.29) is 28.1 Å². The molecule has 0 aliphatic heterocycles. The number of nitrogens with zero attached hydrogens (tertiary/aromatic N) is 3. The fourth-order valence-corrected chi connectivity index (χ4v) is 1.74. The van der Waals surface area contributed by atoms with E-state index in [0.29, 0.717) is 5.89 Å². The van der Waals surface area contributed by atoms with Gasteiger partial charge in [0.25, 0.3) is 5.88 Å². The molecule has 0 unspecified atom stereocenters. The smallest absolute Gasteiger partial charge is 0.252 e. The molecule has 1 heterocycles. The second-order valence-electron chi connectivity index (χ2n) is 4.50. The minimum absolute atomic E-state index is 0.0395. The molecule has 2 aromatic rings. The van der Waals surface area contributed by atoms with Crippen LogP contribution in [0.25, 0.3) is 0 Å². The van der Waals surface area contributed by atoms with Crippen LogP contribution in [0.1, 0.15) is 36.9 Å². The molecule has 0 atom stereocenters. The van der Waals surface area contributed by atoms with Crippen molar-refractivity contribution >= 4 is 23.7 Å². The molecule has 7 heteroatoms. The van der Waals surface area contributed by atoms with E-state index in [1.54, 1.807) is 6.07 Å². The normalized spacial score (nSPS) is 11.0. The minimum atomic E-state index is -0.492. The summed E-state index contributed by atoms with van der Waals surface area (Å²) in [5.74, 6) is 0.0877. The zero-order chi connectivity index (χ0) is 15.4. The van der Waals surface area contributed by atoms with Gasteiger partial charge in [-0.2, -0.15) is 10.4 Å². The van der Waals surface area contributed by atoms with Crippen molar-refractivity contribution in [2.75, 3.05) is 5.43 Å². The lowest BCUT2D eigenvalue weighted by Gasteiger charge is -1.99. The predicted octanol–water partition coefficient (Wildman–Crippen LogP) is 3.91. The van der Waals surface area contributed by atoms with Crippen LogP contribution in [0.15, 0.2) is 27.7 Å². The molecule has 1 aromatic heterocycles. The number of halogens is 2. The van der Waals surface area contributed by atoms with E-state index in [1.807, 2.05) is 19.9 Å². The average molecular weight is 307 g/mol. The lowest BCUT2D eigenvalue weighted by atomic mass is 10.2. The summed E-state index contributed by atoms with van der Waals surface area (Å²) in [4.78, 5) is 4.02. The second-order valence-corrected chi connectivity index (χ2v) is 4.91. The van der Waals surface area contributed by atoms with Crippen molar-refractivity contribution in [3.05, 3.63) is 46.2 Å². The Kier molecular flexibility index (Phi) is 4.55. The van der Waals surface area contributed by atoms with Crippen molar-refractivity contribution in [1.29, 1.82) is 5.26 Å². The molecule has 1 N–H and O–H groups in total. The number of anilines is 1. The summed E-state index contributed by atoms with van der Waals surface area (Å²) in [5.41, 5.74) is 2.77. The van der Waals surface area contributed by atoms with Crippen LogP contribution < -0.4 is 5.43 Å². The summed E-state index contributed by atoms with van der Waals surface area (Å²) in [6.45, 7) is 3.78. The van der Waals surface area contributed by atoms with Gasteiger partial charge >= 0.3 is 0 Å². The summed E-state index contributed by atoms with van der Waals surface area (Å²) >= 11 is 5.87. The van der Waals surface area contributed by atoms with Gasteiger partial charge in [-0.25, -0.2) is 14.8 Å². The SMILES string of the molecule is CC(C)c1nc(C#N)c(NN=Cc2c(F)cccc2Cl)o1. The van der Waals surface area contributed by atoms with Crippen molar-refractivity contribution in [3.8, 4) is 6.07 Å². The van der Waals surface area contributed by atoms with Gasteiger partial charge in [0.15, 0.2) is 0 Å². The van der Waals surface area contributed by atoms with E-state index in [9.17, 15) is 4.39 Å². The van der Waals surface area contributed by atoms with E-state index in [1.165, 1.54) is 18.3 Å². The van der Waals surface area contributed by atoms with Crippen LogP contribution >= 0.6 is 11.6 Å². The minimum Gasteiger partial charge on any atom is -0.422 e. The molecule has 0 spiro atoms. The standard InChI is InChI=1S/C14H12ClFN4O/c1-8(2)13-19-12(6-17)14(21-13)20-18-7-9-10(15)4-3-5-11(9)16/h3-5,7-8,20H,1-2H3. The molecule has 0 saturated heterocycles. The first-order valence-corrected chi connectivity index (χ1v) is 6.54. The molecule has 2 rings (SSSR count). The Bertz CT molecular complexity index is 698. The Labute approximate surface area is 126 Å². The van der Waals surface area contributed by atoms with Crippen molar-refractivity contribution in [3.63, 3.8) is 0 Å². The molecule has 0 radical (unpaired) electrons. The predicted molar refractivity (Wildman–Crippen MR) is 77.9 cm³/mol. The Balaban J connectivity index is 2.20. The van der Waals surface area contributed by atoms with Gasteiger partial charge in [0, 0.05) is 11.5 Å². The van der Waals surface area contributed by atoms with Gasteiger partial charge in [-0.1, -0.05) is 31.5 Å². The van der Waals surface area contributed by atoms with Gasteiger partial charge in [-0.15, -0.1) is 0 Å². The molecule has 0 amide bonds. The highest BCUT2D eigenvalue weighted by Gasteiger charge is 2.14. The number of hydrogen-bond donors (Lipinski definition) is 1. The molecular weight excluding hydrogens is 295 g/mol. The maximum atomic E-state index is 13.5. The molecule has 21 heavy (non-hydrogen) atoms. The summed E-state index contributed by atoms with van der Waals surface area (Å²) < 4.78 is 18.9. The quantitative estimate of drug-likeness (QED) is 0.686. The summed E-state index contributed by atoms with van der Waals surface area (Å²) in [5, 5.41) is 13.0. The Morgan fingerprint density at radius 2 is 2.29 bits per heavy atom. The first-order valence-electron chi connectivity index (χ1n) is 6.16. The Morgan fingerprint density at radius 1 is 1.52 bits per heavy atom. The Hall–Kier alpha value is -2.39. The van der Waals surface area contributed by atoms with Crippen LogP contribution in [-0.2, 0) is 0 Å². The number of oxazole rings is 1. The van der Waals surface area contributed by atoms with Crippen LogP contribution in [0.4, 0.5) is 10.3 Å². The number of nitriles is 1. The molecule has 5 nitrogen and oxygen atoms in total. The zero-order valence-electron chi connectivity index (χ0n) is 11.4. The molecule has 0 aliphatic carbocycles. The largest absolute Gasteiger partial charge is 0.422 e. The van der Waals surface area contributed by atoms with Crippen LogP contribution in [0.5, 0.6) is 0 Å². The number of hydrogen-bond acceptors (Lipinski definition) is 5. The fraction of sp³-hybridized carbons (Fsp3) is 0.214. The first kappa shape index (κ1) is 15.0. The van der Waals surface area contributed by atoms with Gasteiger partial charge < -0.3 is 4.42 Å². The number of nitrogens with one attached hydrogen (secondary N) is 1. The van der Waals surface area contributed by atoms with E-state index < -0.39 is 5.82 Å². The van der Waals surface area contributed by atoms with Gasteiger partial charge in [-0.3, -0.25) is 0 Å². The maximum absolute atomic E-state index is 13.5. The second kappa shape index (κ2) is 6.37. The van der Waals surface area contributed by atoms with E-state index in [0.717, 1.165) is 0 Å². The van der Waals surface area contributed by atoms with Crippen LogP contribution in [0, 0.1) is 17.1 Å². The third kappa shape index (κ3) is 3.38. The molecule has 0 fully saturated rings. The van der Waals surface area contributed by atoms with Crippen molar-refractivity contribution < 1.29 is 8.81 Å². The fourth-order valence-electron chi connectivity index (χ4n) is 1.52. The Morgan fingerprint density at radius 3 is 2.90 bits per heavy atom. The van der Waals surface area contributed by atoms with Gasteiger partial charge in [0.05, 0.1) is 11.2 Å². The van der Waals surface area contributed by atoms with Crippen LogP contribution in [0.3, 0.4) is 0 Å². The van der Waals surface area contributed by atoms with Gasteiger partial charge in [-0.05, 0) is 12.1 Å². The number of benzene rings is 1. The summed E-state index contributed by atoms with van der Waals surface area (Å²) in [6.07, 6.45) is 1.22.